The van der Waals surface area contributed by atoms with E-state index in [4.69, 9.17) is 0 Å². The van der Waals surface area contributed by atoms with Gasteiger partial charge in [0.05, 0.1) is 32.9 Å². The minimum Gasteiger partial charge on any atom is -0.448 e. The second kappa shape index (κ2) is 14.3. The van der Waals surface area contributed by atoms with Crippen molar-refractivity contribution in [3.05, 3.63) is 57.7 Å². The molecule has 10 heteroatoms. The number of carbonyl (C=O) groups excluding carboxylic acids is 2. The molecule has 2 heterocycles. The van der Waals surface area contributed by atoms with E-state index in [1.165, 1.54) is 48.6 Å². The van der Waals surface area contributed by atoms with Gasteiger partial charge in [-0.25, -0.2) is 19.2 Å². The molecule has 8 nitrogen and oxygen atoms in total. The molecule has 0 spiro atoms. The summed E-state index contributed by atoms with van der Waals surface area (Å²) < 4.78 is 19.2. The van der Waals surface area contributed by atoms with E-state index in [1.54, 1.807) is 13.8 Å². The lowest BCUT2D eigenvalue weighted by molar-refractivity contribution is -0.120. The van der Waals surface area contributed by atoms with E-state index in [2.05, 4.69) is 32.2 Å². The van der Waals surface area contributed by atoms with Crippen molar-refractivity contribution >= 4 is 33.2 Å². The molecule has 0 aromatic carbocycles. The fraction of sp³-hybridized carbons (Fsp3) is 0.423. The smallest absolute Gasteiger partial charge is 0.341 e. The van der Waals surface area contributed by atoms with Gasteiger partial charge in [0, 0.05) is 11.8 Å². The largest absolute Gasteiger partial charge is 0.448 e. The third-order valence-electron chi connectivity index (χ3n) is 5.87. The molecule has 3 rings (SSSR count). The zero-order valence-corrected chi connectivity index (χ0v) is 21.9. The van der Waals surface area contributed by atoms with Crippen molar-refractivity contribution in [2.45, 2.75) is 65.3 Å². The van der Waals surface area contributed by atoms with Gasteiger partial charge in [-0.15, -0.1) is 12.3 Å². The van der Waals surface area contributed by atoms with E-state index < -0.39 is 23.7 Å². The van der Waals surface area contributed by atoms with Gasteiger partial charge in [0.2, 0.25) is 5.91 Å². The molecule has 36 heavy (non-hydrogen) atoms. The molecular formula is C26H32FN4O4P. The second-order valence-corrected chi connectivity index (χ2v) is 8.80. The van der Waals surface area contributed by atoms with Gasteiger partial charge < -0.3 is 9.84 Å². The quantitative estimate of drug-likeness (QED) is 0.411. The highest BCUT2D eigenvalue weighted by Gasteiger charge is 2.28. The summed E-state index contributed by atoms with van der Waals surface area (Å²) in [5, 5.41) is 2.74. The molecule has 1 fully saturated rings. The van der Waals surface area contributed by atoms with Crippen molar-refractivity contribution in [2.75, 3.05) is 5.32 Å². The third-order valence-corrected chi connectivity index (χ3v) is 6.09. The molecule has 0 aliphatic heterocycles. The van der Waals surface area contributed by atoms with E-state index in [9.17, 15) is 18.8 Å². The number of aromatic nitrogens is 3. The lowest BCUT2D eigenvalue weighted by atomic mass is 9.84. The highest BCUT2D eigenvalue weighted by Crippen LogP contribution is 2.31. The molecule has 1 N–H and O–H groups in total. The molecule has 2 atom stereocenters. The first kappa shape index (κ1) is 28.9. The molecule has 0 radical (unpaired) electrons. The van der Waals surface area contributed by atoms with E-state index in [1.807, 2.05) is 9.47 Å². The van der Waals surface area contributed by atoms with E-state index in [-0.39, 0.29) is 28.2 Å². The summed E-state index contributed by atoms with van der Waals surface area (Å²) in [4.78, 5) is 46.3. The molecule has 1 aliphatic carbocycles. The lowest BCUT2D eigenvalue weighted by Crippen LogP contribution is -2.36. The Hall–Kier alpha value is -3.37. The van der Waals surface area contributed by atoms with Crippen LogP contribution in [-0.2, 0) is 9.32 Å². The number of hydrogen-bond donors (Lipinski definition) is 1. The zero-order valence-electron chi connectivity index (χ0n) is 20.8. The van der Waals surface area contributed by atoms with Crippen molar-refractivity contribution in [1.82, 2.24) is 14.5 Å². The third kappa shape index (κ3) is 8.10. The number of terminal acetylenes is 1. The van der Waals surface area contributed by atoms with Crippen LogP contribution in [0.3, 0.4) is 0 Å². The summed E-state index contributed by atoms with van der Waals surface area (Å²) in [5.41, 5.74) is 0.366. The molecule has 1 amide bonds. The van der Waals surface area contributed by atoms with Crippen LogP contribution in [-0.4, -0.2) is 26.4 Å². The highest BCUT2D eigenvalue weighted by atomic mass is 31.0. The van der Waals surface area contributed by atoms with Crippen molar-refractivity contribution in [1.29, 1.82) is 0 Å². The number of rotatable bonds is 7. The van der Waals surface area contributed by atoms with Gasteiger partial charge >= 0.3 is 5.97 Å². The van der Waals surface area contributed by atoms with E-state index in [0.29, 0.717) is 12.3 Å². The standard InChI is InChI=1S/C23H28FN4O4P.C3H4/c1-14(24)10-18-15(2)22(30)28(13-26-18)19(11-16-6-4-3-5-7-16)21(29)27-20-9-8-17(12-25-20)23(31)32-33;1-3-2/h8-10,12-13,16,19H,3-7,11,33H2,1-2H3,(H,25,27,29);1H,2H3/b14-10+;. The Kier molecular flexibility index (Phi) is 11.4. The van der Waals surface area contributed by atoms with Crippen LogP contribution in [0, 0.1) is 25.2 Å². The van der Waals surface area contributed by atoms with Crippen molar-refractivity contribution in [2.24, 2.45) is 5.92 Å². The van der Waals surface area contributed by atoms with Crippen LogP contribution in [0.25, 0.3) is 6.08 Å². The maximum atomic E-state index is 13.3. The molecule has 1 saturated carbocycles. The Labute approximate surface area is 213 Å². The molecule has 0 bridgehead atoms. The first-order valence-electron chi connectivity index (χ1n) is 11.7. The average Bonchev–Trinajstić information content (AvgIpc) is 2.86. The van der Waals surface area contributed by atoms with Gasteiger partial charge in [-0.05, 0) is 51.3 Å². The lowest BCUT2D eigenvalue weighted by Gasteiger charge is -2.27. The van der Waals surface area contributed by atoms with Crippen molar-refractivity contribution in [3.63, 3.8) is 0 Å². The second-order valence-electron chi connectivity index (χ2n) is 8.57. The van der Waals surface area contributed by atoms with Crippen LogP contribution >= 0.6 is 9.47 Å². The molecule has 2 unspecified atom stereocenters. The molecule has 0 saturated heterocycles. The molecule has 2 aromatic heterocycles. The van der Waals surface area contributed by atoms with Gasteiger partial charge in [-0.1, -0.05) is 32.1 Å². The molecule has 2 aromatic rings. The van der Waals surface area contributed by atoms with Crippen LogP contribution in [0.1, 0.15) is 80.0 Å². The monoisotopic (exact) mass is 514 g/mol. The Morgan fingerprint density at radius 1 is 1.33 bits per heavy atom. The summed E-state index contributed by atoms with van der Waals surface area (Å²) in [6.45, 7) is 4.50. The molecule has 192 valence electrons. The fourth-order valence-corrected chi connectivity index (χ4v) is 4.22. The first-order valence-corrected chi connectivity index (χ1v) is 12.2. The normalized spacial score (nSPS) is 14.6. The Bertz CT molecular complexity index is 1180. The summed E-state index contributed by atoms with van der Waals surface area (Å²) in [5.74, 6) is 1.38. The van der Waals surface area contributed by atoms with Crippen LogP contribution in [0.15, 0.2) is 35.3 Å². The van der Waals surface area contributed by atoms with Crippen molar-refractivity contribution in [3.8, 4) is 12.3 Å². The van der Waals surface area contributed by atoms with Crippen LogP contribution < -0.4 is 10.9 Å². The Morgan fingerprint density at radius 2 is 2.00 bits per heavy atom. The van der Waals surface area contributed by atoms with Gasteiger partial charge in [-0.2, -0.15) is 0 Å². The van der Waals surface area contributed by atoms with E-state index >= 15 is 0 Å². The topological polar surface area (TPSA) is 103 Å². The summed E-state index contributed by atoms with van der Waals surface area (Å²) in [6, 6.07) is 2.19. The number of halogens is 1. The van der Waals surface area contributed by atoms with E-state index in [0.717, 1.165) is 25.7 Å². The summed E-state index contributed by atoms with van der Waals surface area (Å²) in [6.07, 6.45) is 14.3. The maximum absolute atomic E-state index is 13.3. The van der Waals surface area contributed by atoms with Gasteiger partial charge in [-0.3, -0.25) is 14.2 Å². The Balaban J connectivity index is 0.00000145. The van der Waals surface area contributed by atoms with Gasteiger partial charge in [0.25, 0.3) is 5.56 Å². The fourth-order valence-electron chi connectivity index (χ4n) is 4.08. The number of allylic oxidation sites excluding steroid dienone is 1. The highest BCUT2D eigenvalue weighted by molar-refractivity contribution is 7.10. The number of hydrogen-bond acceptors (Lipinski definition) is 6. The average molecular weight is 515 g/mol. The molecule has 1 aliphatic rings. The van der Waals surface area contributed by atoms with Crippen molar-refractivity contribution < 1.29 is 18.5 Å². The SMILES string of the molecule is C#CC.C/C(F)=C\c1ncn(C(CC2CCCCC2)C(=O)Nc2ccc(C(=O)OP)cn2)c(=O)c1C. The van der Waals surface area contributed by atoms with Crippen LogP contribution in [0.4, 0.5) is 10.2 Å². The number of nitrogens with one attached hydrogen (secondary N) is 1. The zero-order chi connectivity index (χ0) is 26.7. The minimum absolute atomic E-state index is 0.240. The summed E-state index contributed by atoms with van der Waals surface area (Å²) in [7, 11) is 1.87. The maximum Gasteiger partial charge on any atom is 0.341 e. The van der Waals surface area contributed by atoms with Gasteiger partial charge in [0.15, 0.2) is 0 Å². The number of pyridine rings is 1. The number of amides is 1. The molecular weight excluding hydrogens is 482 g/mol. The summed E-state index contributed by atoms with van der Waals surface area (Å²) >= 11 is 0. The van der Waals surface area contributed by atoms with Crippen LogP contribution in [0.5, 0.6) is 0 Å². The predicted molar refractivity (Wildman–Crippen MR) is 141 cm³/mol. The number of nitrogens with zero attached hydrogens (tertiary/aromatic N) is 3. The number of carbonyl (C=O) groups is 2. The first-order chi connectivity index (χ1) is 17.2. The Morgan fingerprint density at radius 3 is 2.56 bits per heavy atom. The van der Waals surface area contributed by atoms with Gasteiger partial charge in [0.1, 0.15) is 11.9 Å². The minimum atomic E-state index is -0.796. The predicted octanol–water partition coefficient (Wildman–Crippen LogP) is 5.01. The van der Waals surface area contributed by atoms with Crippen LogP contribution in [0.2, 0.25) is 0 Å². The number of anilines is 1.